The van der Waals surface area contributed by atoms with Crippen molar-refractivity contribution >= 4 is 11.5 Å². The van der Waals surface area contributed by atoms with E-state index in [1.165, 1.54) is 36.9 Å². The van der Waals surface area contributed by atoms with Gasteiger partial charge >= 0.3 is 0 Å². The van der Waals surface area contributed by atoms with Crippen LogP contribution >= 0.6 is 0 Å². The highest BCUT2D eigenvalue weighted by Gasteiger charge is 2.24. The van der Waals surface area contributed by atoms with Crippen LogP contribution in [-0.2, 0) is 13.1 Å². The molecule has 0 unspecified atom stereocenters. The van der Waals surface area contributed by atoms with Crippen LogP contribution in [0.3, 0.4) is 0 Å². The lowest BCUT2D eigenvalue weighted by Gasteiger charge is -2.15. The number of aromatic nitrogens is 3. The molecule has 0 spiro atoms. The summed E-state index contributed by atoms with van der Waals surface area (Å²) in [6, 6.07) is 3.96. The van der Waals surface area contributed by atoms with Crippen LogP contribution in [0.15, 0.2) is 24.5 Å². The summed E-state index contributed by atoms with van der Waals surface area (Å²) in [5.41, 5.74) is 3.45. The molecular weight excluding hydrogens is 300 g/mol. The number of hydrogen-bond donors (Lipinski definition) is 3. The molecule has 2 aromatic heterocycles. The summed E-state index contributed by atoms with van der Waals surface area (Å²) in [4.78, 5) is 13.8. The van der Waals surface area contributed by atoms with Gasteiger partial charge in [0, 0.05) is 50.1 Å². The van der Waals surface area contributed by atoms with Gasteiger partial charge < -0.3 is 16.0 Å². The van der Waals surface area contributed by atoms with Crippen molar-refractivity contribution in [2.24, 2.45) is 0 Å². The summed E-state index contributed by atoms with van der Waals surface area (Å²) in [5, 5.41) is 10.3. The van der Waals surface area contributed by atoms with Crippen LogP contribution in [0.4, 0.5) is 11.5 Å². The first kappa shape index (κ1) is 15.3. The fourth-order valence-electron chi connectivity index (χ4n) is 3.56. The summed E-state index contributed by atoms with van der Waals surface area (Å²) in [6.45, 7) is 3.37. The van der Waals surface area contributed by atoms with Gasteiger partial charge in [-0.15, -0.1) is 0 Å². The summed E-state index contributed by atoms with van der Waals surface area (Å²) in [7, 11) is 0. The maximum Gasteiger partial charge on any atom is 0.134 e. The lowest BCUT2D eigenvalue weighted by molar-refractivity contribution is 0.661. The highest BCUT2D eigenvalue weighted by atomic mass is 15.1. The molecule has 3 N–H and O–H groups in total. The predicted octanol–water partition coefficient (Wildman–Crippen LogP) is 2.66. The molecule has 24 heavy (non-hydrogen) atoms. The highest BCUT2D eigenvalue weighted by molar-refractivity contribution is 5.49. The molecule has 0 radical (unpaired) electrons. The Kier molecular flexibility index (Phi) is 4.55. The third-order valence-electron chi connectivity index (χ3n) is 4.83. The first-order chi connectivity index (χ1) is 11.9. The second-order valence-electron chi connectivity index (χ2n) is 6.54. The number of anilines is 2. The van der Waals surface area contributed by atoms with Gasteiger partial charge in [-0.25, -0.2) is 9.97 Å². The van der Waals surface area contributed by atoms with Crippen LogP contribution in [0.2, 0.25) is 0 Å². The Hall–Kier alpha value is -2.21. The zero-order valence-corrected chi connectivity index (χ0v) is 13.9. The van der Waals surface area contributed by atoms with Crippen molar-refractivity contribution in [3.63, 3.8) is 0 Å². The van der Waals surface area contributed by atoms with Gasteiger partial charge in [0.1, 0.15) is 11.6 Å². The normalized spacial score (nSPS) is 17.0. The van der Waals surface area contributed by atoms with E-state index in [0.29, 0.717) is 5.92 Å². The lowest BCUT2D eigenvalue weighted by Crippen LogP contribution is -2.17. The Morgan fingerprint density at radius 2 is 1.96 bits per heavy atom. The lowest BCUT2D eigenvalue weighted by atomic mass is 10.1. The van der Waals surface area contributed by atoms with Gasteiger partial charge in [-0.05, 0) is 25.0 Å². The Morgan fingerprint density at radius 1 is 1.08 bits per heavy atom. The molecule has 3 heterocycles. The fourth-order valence-corrected chi connectivity index (χ4v) is 3.56. The minimum Gasteiger partial charge on any atom is -0.382 e. The van der Waals surface area contributed by atoms with Crippen LogP contribution < -0.4 is 16.0 Å². The van der Waals surface area contributed by atoms with E-state index in [0.717, 1.165) is 43.5 Å². The van der Waals surface area contributed by atoms with E-state index in [1.807, 2.05) is 18.3 Å². The van der Waals surface area contributed by atoms with Crippen LogP contribution in [0.1, 0.15) is 48.7 Å². The Balaban J connectivity index is 1.42. The molecule has 6 heteroatoms. The molecule has 0 atom stereocenters. The molecule has 1 fully saturated rings. The molecule has 4 rings (SSSR count). The van der Waals surface area contributed by atoms with Crippen LogP contribution in [-0.4, -0.2) is 28.0 Å². The summed E-state index contributed by atoms with van der Waals surface area (Å²) in [6.07, 6.45) is 8.69. The van der Waals surface area contributed by atoms with Gasteiger partial charge in [-0.3, -0.25) is 4.98 Å². The fraction of sp³-hybridized carbons (Fsp3) is 0.500. The van der Waals surface area contributed by atoms with Crippen molar-refractivity contribution in [3.05, 3.63) is 41.6 Å². The number of hydrogen-bond acceptors (Lipinski definition) is 6. The van der Waals surface area contributed by atoms with E-state index in [2.05, 4.69) is 20.9 Å². The minimum absolute atomic E-state index is 0.546. The second-order valence-corrected chi connectivity index (χ2v) is 6.54. The number of nitrogens with one attached hydrogen (secondary N) is 3. The van der Waals surface area contributed by atoms with Gasteiger partial charge in [0.05, 0.1) is 11.4 Å². The van der Waals surface area contributed by atoms with Crippen molar-refractivity contribution in [2.75, 3.05) is 23.7 Å². The van der Waals surface area contributed by atoms with Crippen molar-refractivity contribution in [1.29, 1.82) is 0 Å². The van der Waals surface area contributed by atoms with E-state index < -0.39 is 0 Å². The summed E-state index contributed by atoms with van der Waals surface area (Å²) in [5.74, 6) is 2.60. The molecule has 2 aliphatic rings. The molecule has 0 amide bonds. The number of nitrogens with zero attached hydrogens (tertiary/aromatic N) is 3. The maximum atomic E-state index is 4.87. The maximum absolute atomic E-state index is 4.87. The summed E-state index contributed by atoms with van der Waals surface area (Å²) < 4.78 is 0. The van der Waals surface area contributed by atoms with Gasteiger partial charge in [-0.2, -0.15) is 0 Å². The molecular formula is C18H24N6. The first-order valence-corrected chi connectivity index (χ1v) is 8.88. The van der Waals surface area contributed by atoms with Crippen LogP contribution in [0.25, 0.3) is 0 Å². The molecule has 126 valence electrons. The van der Waals surface area contributed by atoms with E-state index in [-0.39, 0.29) is 0 Å². The van der Waals surface area contributed by atoms with Crippen molar-refractivity contribution < 1.29 is 0 Å². The third-order valence-corrected chi connectivity index (χ3v) is 4.83. The molecule has 2 aromatic rings. The molecule has 1 aliphatic heterocycles. The zero-order chi connectivity index (χ0) is 16.2. The van der Waals surface area contributed by atoms with E-state index in [1.54, 1.807) is 6.20 Å². The van der Waals surface area contributed by atoms with Gasteiger partial charge in [-0.1, -0.05) is 12.8 Å². The third kappa shape index (κ3) is 3.33. The molecule has 0 aromatic carbocycles. The smallest absolute Gasteiger partial charge is 0.134 e. The number of fused-ring (bicyclic) bond motifs is 1. The predicted molar refractivity (Wildman–Crippen MR) is 95.0 cm³/mol. The highest BCUT2D eigenvalue weighted by Crippen LogP contribution is 2.34. The molecule has 6 nitrogen and oxygen atoms in total. The first-order valence-electron chi connectivity index (χ1n) is 8.88. The Bertz CT molecular complexity index is 681. The topological polar surface area (TPSA) is 74.8 Å². The Morgan fingerprint density at radius 3 is 2.79 bits per heavy atom. The van der Waals surface area contributed by atoms with E-state index in [4.69, 9.17) is 9.97 Å². The quantitative estimate of drug-likeness (QED) is 0.709. The molecule has 1 aliphatic carbocycles. The van der Waals surface area contributed by atoms with Gasteiger partial charge in [0.25, 0.3) is 0 Å². The number of rotatable bonds is 6. The molecule has 1 saturated carbocycles. The monoisotopic (exact) mass is 324 g/mol. The largest absolute Gasteiger partial charge is 0.382 e. The second kappa shape index (κ2) is 7.13. The van der Waals surface area contributed by atoms with Crippen molar-refractivity contribution in [2.45, 2.75) is 44.7 Å². The van der Waals surface area contributed by atoms with Gasteiger partial charge in [0.15, 0.2) is 0 Å². The van der Waals surface area contributed by atoms with E-state index >= 15 is 0 Å². The molecule has 0 bridgehead atoms. The van der Waals surface area contributed by atoms with Gasteiger partial charge in [0.2, 0.25) is 0 Å². The van der Waals surface area contributed by atoms with Crippen LogP contribution in [0.5, 0.6) is 0 Å². The summed E-state index contributed by atoms with van der Waals surface area (Å²) >= 11 is 0. The van der Waals surface area contributed by atoms with Crippen molar-refractivity contribution in [3.8, 4) is 0 Å². The average Bonchev–Trinajstić information content (AvgIpc) is 3.30. The zero-order valence-electron chi connectivity index (χ0n) is 13.9. The van der Waals surface area contributed by atoms with Crippen LogP contribution in [0, 0.1) is 0 Å². The van der Waals surface area contributed by atoms with Crippen molar-refractivity contribution in [1.82, 2.24) is 20.3 Å². The standard InChI is InChI=1S/C18H24N6/c1-2-5-13(4-1)17-23-16-12-20-11-15(16)18(24-17)22-9-8-21-14-6-3-7-19-10-14/h3,6-7,10,13,20-21H,1-2,4-5,8-9,11-12H2,(H,22,23,24). The molecule has 0 saturated heterocycles. The Labute approximate surface area is 142 Å². The number of pyridine rings is 1. The average molecular weight is 324 g/mol. The minimum atomic E-state index is 0.546. The SMILES string of the molecule is c1cncc(NCCNc2nc(C3CCCC3)nc3c2CNC3)c1. The van der Waals surface area contributed by atoms with E-state index in [9.17, 15) is 0 Å².